The number of nitrogens with zero attached hydrogens (tertiary/aromatic N) is 3. The normalized spacial score (nSPS) is 21.2. The fourth-order valence-corrected chi connectivity index (χ4v) is 7.45. The molecule has 0 spiro atoms. The highest BCUT2D eigenvalue weighted by Crippen LogP contribution is 2.59. The van der Waals surface area contributed by atoms with Crippen molar-refractivity contribution in [2.45, 2.75) is 68.9 Å². The average Bonchev–Trinajstić information content (AvgIpc) is 3.73. The van der Waals surface area contributed by atoms with E-state index in [1.165, 1.54) is 12.1 Å². The Morgan fingerprint density at radius 3 is 2.66 bits per heavy atom. The monoisotopic (exact) mass is 645 g/mol. The zero-order valence-electron chi connectivity index (χ0n) is 23.4. The molecular formula is C29H30F2N5O6PS. The summed E-state index contributed by atoms with van der Waals surface area (Å²) in [5, 5.41) is 5.96. The molecule has 3 aromatic heterocycles. The van der Waals surface area contributed by atoms with E-state index in [4.69, 9.17) is 9.79 Å². The minimum atomic E-state index is -5.75. The van der Waals surface area contributed by atoms with Crippen molar-refractivity contribution in [2.75, 3.05) is 0 Å². The molecular weight excluding hydrogens is 615 g/mol. The summed E-state index contributed by atoms with van der Waals surface area (Å²) in [6, 6.07) is 6.62. The molecule has 232 valence electrons. The second kappa shape index (κ2) is 11.7. The number of benzene rings is 1. The Morgan fingerprint density at radius 2 is 1.86 bits per heavy atom. The molecule has 1 aromatic carbocycles. The van der Waals surface area contributed by atoms with E-state index in [1.807, 2.05) is 28.9 Å². The number of pyridine rings is 1. The summed E-state index contributed by atoms with van der Waals surface area (Å²) in [6.07, 6.45) is 9.26. The van der Waals surface area contributed by atoms with Gasteiger partial charge in [0.15, 0.2) is 0 Å². The van der Waals surface area contributed by atoms with Crippen LogP contribution in [0.15, 0.2) is 55.0 Å². The molecule has 2 aliphatic rings. The van der Waals surface area contributed by atoms with Gasteiger partial charge in [0, 0.05) is 41.4 Å². The van der Waals surface area contributed by atoms with Crippen LogP contribution >= 0.6 is 18.9 Å². The van der Waals surface area contributed by atoms with Crippen LogP contribution in [0.2, 0.25) is 0 Å². The maximum atomic E-state index is 14.2. The molecule has 4 N–H and O–H groups in total. The molecule has 0 radical (unpaired) electrons. The van der Waals surface area contributed by atoms with Crippen molar-refractivity contribution in [2.24, 2.45) is 0 Å². The lowest BCUT2D eigenvalue weighted by atomic mass is 9.99. The molecule has 2 fully saturated rings. The number of hydrogen-bond donors (Lipinski definition) is 4. The van der Waals surface area contributed by atoms with Gasteiger partial charge in [-0.15, -0.1) is 11.3 Å². The first kappa shape index (κ1) is 30.3. The molecule has 0 bridgehead atoms. The molecule has 4 aromatic rings. The van der Waals surface area contributed by atoms with Crippen LogP contribution in [0.1, 0.15) is 59.3 Å². The van der Waals surface area contributed by atoms with E-state index in [2.05, 4.69) is 15.6 Å². The summed E-state index contributed by atoms with van der Waals surface area (Å²) in [5.74, 6) is -1.16. The van der Waals surface area contributed by atoms with Gasteiger partial charge in [-0.2, -0.15) is 8.78 Å². The van der Waals surface area contributed by atoms with E-state index in [0.29, 0.717) is 30.4 Å². The highest BCUT2D eigenvalue weighted by molar-refractivity contribution is 7.52. The number of nitrogens with one attached hydrogen (secondary N) is 2. The van der Waals surface area contributed by atoms with Crippen LogP contribution in [0.3, 0.4) is 0 Å². The zero-order valence-corrected chi connectivity index (χ0v) is 25.1. The summed E-state index contributed by atoms with van der Waals surface area (Å²) in [7, 11) is -5.75. The number of alkyl halides is 2. The van der Waals surface area contributed by atoms with Crippen molar-refractivity contribution in [3.63, 3.8) is 0 Å². The number of fused-ring (bicyclic) bond motifs is 3. The maximum absolute atomic E-state index is 14.2. The Hall–Kier alpha value is -3.71. The number of carbonyl (C=O) groups is 3. The van der Waals surface area contributed by atoms with Crippen LogP contribution < -0.4 is 10.6 Å². The third-order valence-corrected chi connectivity index (χ3v) is 10.4. The predicted molar refractivity (Wildman–Crippen MR) is 158 cm³/mol. The summed E-state index contributed by atoms with van der Waals surface area (Å²) in [5.41, 5.74) is -3.60. The van der Waals surface area contributed by atoms with Gasteiger partial charge in [-0.1, -0.05) is 18.9 Å². The number of rotatable bonds is 7. The predicted octanol–water partition coefficient (Wildman–Crippen LogP) is 4.12. The quantitative estimate of drug-likeness (QED) is 0.221. The number of thiophene rings is 1. The average molecular weight is 646 g/mol. The number of aromatic nitrogens is 2. The van der Waals surface area contributed by atoms with Gasteiger partial charge in [-0.3, -0.25) is 18.9 Å². The fourth-order valence-electron chi connectivity index (χ4n) is 6.03. The molecule has 2 aliphatic heterocycles. The summed E-state index contributed by atoms with van der Waals surface area (Å²) in [6.45, 7) is 0.277. The minimum Gasteiger partial charge on any atom is -0.350 e. The topological polar surface area (TPSA) is 153 Å². The first-order valence-electron chi connectivity index (χ1n) is 14.2. The van der Waals surface area contributed by atoms with Crippen LogP contribution in [-0.2, 0) is 26.4 Å². The smallest absolute Gasteiger partial charge is 0.350 e. The number of carbonyl (C=O) groups excluding carboxylic acids is 3. The molecule has 3 atom stereocenters. The summed E-state index contributed by atoms with van der Waals surface area (Å²) < 4.78 is 42.1. The molecule has 5 heterocycles. The Bertz CT molecular complexity index is 1800. The lowest BCUT2D eigenvalue weighted by Crippen LogP contribution is -2.56. The van der Waals surface area contributed by atoms with E-state index in [9.17, 15) is 27.7 Å². The van der Waals surface area contributed by atoms with Gasteiger partial charge >= 0.3 is 13.3 Å². The van der Waals surface area contributed by atoms with Gasteiger partial charge < -0.3 is 29.7 Å². The Labute approximate surface area is 254 Å². The summed E-state index contributed by atoms with van der Waals surface area (Å²) in [4.78, 5) is 64.6. The van der Waals surface area contributed by atoms with Crippen molar-refractivity contribution in [1.29, 1.82) is 0 Å². The fraction of sp³-hybridized carbons (Fsp3) is 0.379. The van der Waals surface area contributed by atoms with Crippen molar-refractivity contribution in [3.05, 3.63) is 71.0 Å². The number of imidazole rings is 1. The maximum Gasteiger partial charge on any atom is 0.399 e. The van der Waals surface area contributed by atoms with Gasteiger partial charge in [0.1, 0.15) is 17.7 Å². The molecule has 15 heteroatoms. The van der Waals surface area contributed by atoms with Crippen LogP contribution in [0, 0.1) is 0 Å². The lowest BCUT2D eigenvalue weighted by molar-refractivity contribution is -0.142. The van der Waals surface area contributed by atoms with E-state index in [0.717, 1.165) is 47.5 Å². The number of halogens is 2. The molecule has 0 saturated carbocycles. The molecule has 44 heavy (non-hydrogen) atoms. The summed E-state index contributed by atoms with van der Waals surface area (Å²) >= 11 is 1.02. The Kier molecular flexibility index (Phi) is 8.03. The van der Waals surface area contributed by atoms with Gasteiger partial charge in [-0.25, -0.2) is 4.98 Å². The van der Waals surface area contributed by atoms with Crippen molar-refractivity contribution >= 4 is 52.4 Å². The molecule has 0 unspecified atom stereocenters. The van der Waals surface area contributed by atoms with E-state index >= 15 is 0 Å². The minimum absolute atomic E-state index is 0.113. The first-order valence-corrected chi connectivity index (χ1v) is 16.6. The molecule has 2 saturated heterocycles. The van der Waals surface area contributed by atoms with Gasteiger partial charge in [-0.05, 0) is 67.0 Å². The molecule has 11 nitrogen and oxygen atoms in total. The van der Waals surface area contributed by atoms with E-state index in [1.54, 1.807) is 11.1 Å². The van der Waals surface area contributed by atoms with Crippen molar-refractivity contribution < 1.29 is 37.5 Å². The SMILES string of the molecule is O=C(N[C@H]1CCCC[C@H]2CC[C@@H](C(=O)NCc3ccn4ccnc4c3)N2C1=O)c1cc2cc(C(F)(F)P(=O)(O)O)ccc2s1. The van der Waals surface area contributed by atoms with Crippen LogP contribution in [0.4, 0.5) is 8.78 Å². The molecule has 0 aliphatic carbocycles. The second-order valence-corrected chi connectivity index (χ2v) is 13.9. The molecule has 6 rings (SSSR count). The highest BCUT2D eigenvalue weighted by atomic mass is 32.1. The van der Waals surface area contributed by atoms with E-state index in [-0.39, 0.29) is 34.7 Å². The third kappa shape index (κ3) is 5.74. The van der Waals surface area contributed by atoms with Crippen LogP contribution in [0.5, 0.6) is 0 Å². The third-order valence-electron chi connectivity index (χ3n) is 8.33. The first-order chi connectivity index (χ1) is 20.9. The molecule has 3 amide bonds. The van der Waals surface area contributed by atoms with Crippen LogP contribution in [-0.4, -0.2) is 59.9 Å². The standard InChI is InChI=1S/C29H30F2N5O6PS/c30-29(31,43(40,41)42)19-5-8-23-18(14-19)15-24(44-23)27(38)34-21-4-2-1-3-20-6-7-22(36(20)28(21)39)26(37)33-16-17-9-11-35-12-10-32-25(35)13-17/h5,8-15,20-22H,1-4,6-7,16H2,(H,33,37)(H,34,38)(H2,40,41,42)/t20-,21-,22-/m0/s1. The number of hydrogen-bond acceptors (Lipinski definition) is 6. The van der Waals surface area contributed by atoms with Crippen molar-refractivity contribution in [1.82, 2.24) is 24.9 Å². The zero-order chi connectivity index (χ0) is 31.2. The van der Waals surface area contributed by atoms with Gasteiger partial charge in [0.25, 0.3) is 5.91 Å². The van der Waals surface area contributed by atoms with E-state index < -0.39 is 36.8 Å². The Morgan fingerprint density at radius 1 is 1.07 bits per heavy atom. The highest BCUT2D eigenvalue weighted by Gasteiger charge is 2.50. The van der Waals surface area contributed by atoms with Gasteiger partial charge in [0.05, 0.1) is 4.88 Å². The Balaban J connectivity index is 1.16. The van der Waals surface area contributed by atoms with Gasteiger partial charge in [0.2, 0.25) is 11.8 Å². The van der Waals surface area contributed by atoms with Crippen molar-refractivity contribution in [3.8, 4) is 0 Å². The van der Waals surface area contributed by atoms with Crippen LogP contribution in [0.25, 0.3) is 15.7 Å². The largest absolute Gasteiger partial charge is 0.399 e. The number of amides is 3. The lowest BCUT2D eigenvalue weighted by Gasteiger charge is -2.35. The second-order valence-electron chi connectivity index (χ2n) is 11.2.